The molecule has 1 atom stereocenters. The van der Waals surface area contributed by atoms with Crippen molar-refractivity contribution in [1.29, 1.82) is 0 Å². The van der Waals surface area contributed by atoms with Crippen LogP contribution in [0.4, 0.5) is 0 Å². The second-order valence-corrected chi connectivity index (χ2v) is 7.24. The highest BCUT2D eigenvalue weighted by Gasteiger charge is 2.34. The third-order valence-corrected chi connectivity index (χ3v) is 5.68. The van der Waals surface area contributed by atoms with Gasteiger partial charge in [-0.2, -0.15) is 0 Å². The molecule has 1 saturated heterocycles. The van der Waals surface area contributed by atoms with E-state index in [-0.39, 0.29) is 18.1 Å². The zero-order chi connectivity index (χ0) is 17.3. The van der Waals surface area contributed by atoms with Crippen LogP contribution < -0.4 is 9.47 Å². The van der Waals surface area contributed by atoms with Crippen LogP contribution >= 0.6 is 22.6 Å². The van der Waals surface area contributed by atoms with Gasteiger partial charge in [-0.3, -0.25) is 9.59 Å². The van der Waals surface area contributed by atoms with Crippen LogP contribution in [0.3, 0.4) is 0 Å². The Bertz CT molecular complexity index is 713. The first kappa shape index (κ1) is 17.3. The zero-order valence-electron chi connectivity index (χ0n) is 13.8. The molecule has 2 aliphatic rings. The Labute approximate surface area is 155 Å². The van der Waals surface area contributed by atoms with Crippen molar-refractivity contribution in [2.45, 2.75) is 25.7 Å². The molecule has 1 aromatic carbocycles. The first-order valence-electron chi connectivity index (χ1n) is 7.98. The molecule has 24 heavy (non-hydrogen) atoms. The number of allylic oxidation sites excluding steroid dienone is 2. The molecular weight excluding hydrogens is 421 g/mol. The fourth-order valence-electron chi connectivity index (χ4n) is 3.38. The number of carbonyl (C=O) groups is 2. The molecule has 1 aliphatic carbocycles. The topological polar surface area (TPSA) is 55.8 Å². The number of methoxy groups -OCH3 is 2. The average molecular weight is 441 g/mol. The Kier molecular flexibility index (Phi) is 5.12. The molecule has 0 saturated carbocycles. The van der Waals surface area contributed by atoms with Crippen molar-refractivity contribution in [3.8, 4) is 11.5 Å². The molecule has 1 unspecified atom stereocenters. The molecule has 0 aromatic heterocycles. The maximum Gasteiger partial charge on any atom is 0.231 e. The van der Waals surface area contributed by atoms with Gasteiger partial charge in [0.2, 0.25) is 5.91 Å². The Hall–Kier alpha value is -1.57. The van der Waals surface area contributed by atoms with Crippen molar-refractivity contribution in [1.82, 2.24) is 4.90 Å². The molecule has 1 aliphatic heterocycles. The molecule has 1 amide bonds. The highest BCUT2D eigenvalue weighted by atomic mass is 127. The standard InChI is InChI=1S/C18H20INO4/c1-23-16-7-12(14(19)10-17(16)24-2)8-18(22)20-6-5-11-3-4-13(21)9-15(11)20/h7,9-11H,3-6,8H2,1-2H3. The van der Waals surface area contributed by atoms with Gasteiger partial charge in [-0.15, -0.1) is 0 Å². The van der Waals surface area contributed by atoms with Crippen molar-refractivity contribution < 1.29 is 19.1 Å². The van der Waals surface area contributed by atoms with Crippen LogP contribution in [0, 0.1) is 9.49 Å². The molecular formula is C18H20INO4. The monoisotopic (exact) mass is 441 g/mol. The maximum atomic E-state index is 12.8. The normalized spacial score (nSPS) is 19.8. The van der Waals surface area contributed by atoms with Crippen LogP contribution in [-0.4, -0.2) is 37.4 Å². The van der Waals surface area contributed by atoms with Crippen LogP contribution in [0.5, 0.6) is 11.5 Å². The molecule has 0 N–H and O–H groups in total. The fraction of sp³-hybridized carbons (Fsp3) is 0.444. The number of amides is 1. The van der Waals surface area contributed by atoms with Gasteiger partial charge < -0.3 is 14.4 Å². The van der Waals surface area contributed by atoms with Crippen LogP contribution in [0.25, 0.3) is 0 Å². The van der Waals surface area contributed by atoms with Gasteiger partial charge in [-0.05, 0) is 53.1 Å². The van der Waals surface area contributed by atoms with Gasteiger partial charge in [0, 0.05) is 34.2 Å². The van der Waals surface area contributed by atoms with E-state index in [1.807, 2.05) is 12.1 Å². The molecule has 3 rings (SSSR count). The third-order valence-electron chi connectivity index (χ3n) is 4.67. The quantitative estimate of drug-likeness (QED) is 0.675. The number of benzene rings is 1. The van der Waals surface area contributed by atoms with E-state index in [0.29, 0.717) is 30.4 Å². The minimum Gasteiger partial charge on any atom is -0.493 e. The number of likely N-dealkylation sites (tertiary alicyclic amines) is 1. The number of hydrogen-bond donors (Lipinski definition) is 0. The minimum absolute atomic E-state index is 0.0311. The van der Waals surface area contributed by atoms with E-state index in [1.165, 1.54) is 0 Å². The number of carbonyl (C=O) groups excluding carboxylic acids is 2. The van der Waals surface area contributed by atoms with Crippen molar-refractivity contribution in [3.05, 3.63) is 33.0 Å². The fourth-order valence-corrected chi connectivity index (χ4v) is 4.01. The maximum absolute atomic E-state index is 12.8. The Morgan fingerprint density at radius 2 is 1.96 bits per heavy atom. The van der Waals surface area contributed by atoms with Gasteiger partial charge in [0.25, 0.3) is 0 Å². The second-order valence-electron chi connectivity index (χ2n) is 6.08. The largest absolute Gasteiger partial charge is 0.493 e. The number of hydrogen-bond acceptors (Lipinski definition) is 4. The number of ketones is 1. The summed E-state index contributed by atoms with van der Waals surface area (Å²) >= 11 is 2.20. The second kappa shape index (κ2) is 7.13. The van der Waals surface area contributed by atoms with E-state index in [4.69, 9.17) is 9.47 Å². The van der Waals surface area contributed by atoms with E-state index in [0.717, 1.165) is 27.7 Å². The van der Waals surface area contributed by atoms with Crippen LogP contribution in [0.1, 0.15) is 24.8 Å². The highest BCUT2D eigenvalue weighted by Crippen LogP contribution is 2.36. The number of nitrogens with zero attached hydrogens (tertiary/aromatic N) is 1. The molecule has 1 heterocycles. The van der Waals surface area contributed by atoms with Crippen molar-refractivity contribution in [3.63, 3.8) is 0 Å². The third kappa shape index (κ3) is 3.29. The smallest absolute Gasteiger partial charge is 0.231 e. The summed E-state index contributed by atoms with van der Waals surface area (Å²) in [6.07, 6.45) is 4.37. The first-order chi connectivity index (χ1) is 11.5. The van der Waals surface area contributed by atoms with E-state index >= 15 is 0 Å². The molecule has 1 aromatic rings. The van der Waals surface area contributed by atoms with E-state index in [2.05, 4.69) is 22.6 Å². The van der Waals surface area contributed by atoms with Gasteiger partial charge >= 0.3 is 0 Å². The molecule has 128 valence electrons. The van der Waals surface area contributed by atoms with Crippen molar-refractivity contribution in [2.75, 3.05) is 20.8 Å². The lowest BCUT2D eigenvalue weighted by Crippen LogP contribution is -2.30. The Balaban J connectivity index is 1.81. The summed E-state index contributed by atoms with van der Waals surface area (Å²) in [5, 5.41) is 0. The van der Waals surface area contributed by atoms with Gasteiger partial charge in [0.05, 0.1) is 20.6 Å². The number of fused-ring (bicyclic) bond motifs is 1. The molecule has 0 bridgehead atoms. The van der Waals surface area contributed by atoms with Crippen molar-refractivity contribution in [2.24, 2.45) is 5.92 Å². The Morgan fingerprint density at radius 3 is 2.67 bits per heavy atom. The molecule has 0 spiro atoms. The summed E-state index contributed by atoms with van der Waals surface area (Å²) in [6, 6.07) is 3.73. The van der Waals surface area contributed by atoms with Crippen LogP contribution in [0.15, 0.2) is 23.9 Å². The molecule has 6 heteroatoms. The summed E-state index contributed by atoms with van der Waals surface area (Å²) in [4.78, 5) is 26.3. The molecule has 0 radical (unpaired) electrons. The van der Waals surface area contributed by atoms with E-state index in [9.17, 15) is 9.59 Å². The predicted octanol–water partition coefficient (Wildman–Crippen LogP) is 2.95. The van der Waals surface area contributed by atoms with Gasteiger partial charge in [-0.25, -0.2) is 0 Å². The first-order valence-corrected chi connectivity index (χ1v) is 9.06. The van der Waals surface area contributed by atoms with Crippen molar-refractivity contribution >= 4 is 34.3 Å². The number of rotatable bonds is 4. The lowest BCUT2D eigenvalue weighted by molar-refractivity contribution is -0.128. The number of halogens is 1. The van der Waals surface area contributed by atoms with Crippen LogP contribution in [-0.2, 0) is 16.0 Å². The van der Waals surface area contributed by atoms with E-state index < -0.39 is 0 Å². The Morgan fingerprint density at radius 1 is 1.25 bits per heavy atom. The van der Waals surface area contributed by atoms with Gasteiger partial charge in [-0.1, -0.05) is 0 Å². The molecule has 1 fully saturated rings. The van der Waals surface area contributed by atoms with E-state index in [1.54, 1.807) is 25.2 Å². The average Bonchev–Trinajstić information content (AvgIpc) is 2.99. The minimum atomic E-state index is 0.0311. The van der Waals surface area contributed by atoms with Gasteiger partial charge in [0.1, 0.15) is 0 Å². The summed E-state index contributed by atoms with van der Waals surface area (Å²) < 4.78 is 11.6. The summed E-state index contributed by atoms with van der Waals surface area (Å²) in [5.74, 6) is 1.79. The summed E-state index contributed by atoms with van der Waals surface area (Å²) in [5.41, 5.74) is 1.82. The van der Waals surface area contributed by atoms with Gasteiger partial charge in [0.15, 0.2) is 17.3 Å². The van der Waals surface area contributed by atoms with Crippen LogP contribution in [0.2, 0.25) is 0 Å². The SMILES string of the molecule is COc1cc(I)c(CC(=O)N2CCC3CCC(=O)C=C32)cc1OC. The summed E-state index contributed by atoms with van der Waals surface area (Å²) in [7, 11) is 3.18. The lowest BCUT2D eigenvalue weighted by atomic mass is 9.92. The summed E-state index contributed by atoms with van der Waals surface area (Å²) in [6.45, 7) is 0.701. The highest BCUT2D eigenvalue weighted by molar-refractivity contribution is 14.1. The lowest BCUT2D eigenvalue weighted by Gasteiger charge is -2.23. The number of ether oxygens (including phenoxy) is 2. The zero-order valence-corrected chi connectivity index (χ0v) is 16.0. The molecule has 5 nitrogen and oxygen atoms in total. The predicted molar refractivity (Wildman–Crippen MR) is 98.1 cm³/mol.